The van der Waals surface area contributed by atoms with Gasteiger partial charge in [0.05, 0.1) is 28.8 Å². The maximum Gasteiger partial charge on any atom is 0.338 e. The van der Waals surface area contributed by atoms with Crippen molar-refractivity contribution in [3.8, 4) is 17.2 Å². The summed E-state index contributed by atoms with van der Waals surface area (Å²) in [7, 11) is 0. The van der Waals surface area contributed by atoms with E-state index in [9.17, 15) is 9.59 Å². The highest BCUT2D eigenvalue weighted by Crippen LogP contribution is 2.33. The van der Waals surface area contributed by atoms with Gasteiger partial charge in [-0.15, -0.1) is 0 Å². The third-order valence-electron chi connectivity index (χ3n) is 5.31. The van der Waals surface area contributed by atoms with E-state index in [1.165, 1.54) is 4.57 Å². The van der Waals surface area contributed by atoms with Crippen molar-refractivity contribution in [1.82, 2.24) is 9.55 Å². The van der Waals surface area contributed by atoms with Crippen LogP contribution >= 0.6 is 22.6 Å². The number of fused-ring (bicyclic) bond motifs is 2. The molecule has 0 bridgehead atoms. The van der Waals surface area contributed by atoms with E-state index in [4.69, 9.17) is 19.2 Å². The van der Waals surface area contributed by atoms with E-state index >= 15 is 0 Å². The summed E-state index contributed by atoms with van der Waals surface area (Å²) in [6.45, 7) is 2.25. The Labute approximate surface area is 208 Å². The lowest BCUT2D eigenvalue weighted by molar-refractivity contribution is 0.0526. The van der Waals surface area contributed by atoms with Gasteiger partial charge in [0.25, 0.3) is 5.56 Å². The zero-order chi connectivity index (χ0) is 23.7. The first-order valence-corrected chi connectivity index (χ1v) is 11.7. The molecule has 1 aliphatic heterocycles. The maximum absolute atomic E-state index is 13.5. The Morgan fingerprint density at radius 2 is 1.85 bits per heavy atom. The zero-order valence-corrected chi connectivity index (χ0v) is 20.3. The van der Waals surface area contributed by atoms with Crippen molar-refractivity contribution in [3.63, 3.8) is 0 Å². The highest BCUT2D eigenvalue weighted by atomic mass is 127. The normalized spacial score (nSPS) is 12.4. The number of aromatic nitrogens is 2. The molecule has 0 saturated carbocycles. The lowest BCUT2D eigenvalue weighted by atomic mass is 10.1. The lowest BCUT2D eigenvalue weighted by Gasteiger charge is -2.12. The van der Waals surface area contributed by atoms with Crippen LogP contribution in [0.5, 0.6) is 11.5 Å². The fourth-order valence-corrected chi connectivity index (χ4v) is 4.18. The third-order valence-corrected chi connectivity index (χ3v) is 5.99. The second-order valence-corrected chi connectivity index (χ2v) is 8.73. The molecule has 4 aromatic rings. The van der Waals surface area contributed by atoms with E-state index in [2.05, 4.69) is 22.6 Å². The Balaban J connectivity index is 1.62. The summed E-state index contributed by atoms with van der Waals surface area (Å²) in [4.78, 5) is 30.3. The third kappa shape index (κ3) is 4.28. The smallest absolute Gasteiger partial charge is 0.338 e. The molecule has 7 nitrogen and oxygen atoms in total. The number of esters is 1. The highest BCUT2D eigenvalue weighted by Gasteiger charge is 2.15. The molecule has 0 radical (unpaired) electrons. The number of carbonyl (C=O) groups is 1. The number of carbonyl (C=O) groups excluding carboxylic acids is 1. The predicted octanol–water partition coefficient (Wildman–Crippen LogP) is 5.07. The molecule has 0 atom stereocenters. The molecule has 0 unspecified atom stereocenters. The van der Waals surface area contributed by atoms with Gasteiger partial charge in [-0.3, -0.25) is 9.36 Å². The molecule has 2 heterocycles. The van der Waals surface area contributed by atoms with Gasteiger partial charge in [0.2, 0.25) is 6.79 Å². The van der Waals surface area contributed by atoms with Crippen LogP contribution in [0.15, 0.2) is 65.5 Å². The fourth-order valence-electron chi connectivity index (χ4n) is 3.68. The molecule has 3 aromatic carbocycles. The van der Waals surface area contributed by atoms with E-state index in [1.54, 1.807) is 37.3 Å². The van der Waals surface area contributed by atoms with Crippen molar-refractivity contribution in [2.75, 3.05) is 13.4 Å². The van der Waals surface area contributed by atoms with Crippen LogP contribution in [-0.2, 0) is 4.74 Å². The van der Waals surface area contributed by atoms with E-state index in [-0.39, 0.29) is 12.4 Å². The summed E-state index contributed by atoms with van der Waals surface area (Å²) in [6, 6.07) is 17.9. The van der Waals surface area contributed by atoms with Crippen LogP contribution in [0.1, 0.15) is 28.7 Å². The molecule has 0 amide bonds. The molecule has 0 aliphatic carbocycles. The van der Waals surface area contributed by atoms with Crippen molar-refractivity contribution in [2.24, 2.45) is 0 Å². The summed E-state index contributed by atoms with van der Waals surface area (Å²) in [5.41, 5.74) is 2.30. The number of hydrogen-bond donors (Lipinski definition) is 0. The molecule has 0 spiro atoms. The van der Waals surface area contributed by atoms with Gasteiger partial charge < -0.3 is 14.2 Å². The minimum Gasteiger partial charge on any atom is -0.462 e. The Morgan fingerprint density at radius 3 is 2.65 bits per heavy atom. The fraction of sp³-hybridized carbons (Fsp3) is 0.115. The minimum atomic E-state index is -0.407. The zero-order valence-electron chi connectivity index (χ0n) is 18.2. The Kier molecular flexibility index (Phi) is 6.06. The Hall–Kier alpha value is -3.66. The van der Waals surface area contributed by atoms with Gasteiger partial charge in [-0.05, 0) is 95.8 Å². The standard InChI is InChI=1S/C26H19IN2O5/c1-2-32-26(31)17-5-8-19(9-6-17)29-24(28-21-10-7-18(27)14-20(21)25(29)30)12-4-16-3-11-22-23(13-16)34-15-33-22/h3-14H,2,15H2,1H3/b12-4+. The monoisotopic (exact) mass is 566 g/mol. The molecular formula is C26H19IN2O5. The molecule has 0 fully saturated rings. The van der Waals surface area contributed by atoms with Crippen LogP contribution in [0.4, 0.5) is 0 Å². The summed E-state index contributed by atoms with van der Waals surface area (Å²) in [5.74, 6) is 1.43. The number of nitrogens with zero attached hydrogens (tertiary/aromatic N) is 2. The van der Waals surface area contributed by atoms with Gasteiger partial charge in [-0.1, -0.05) is 12.1 Å². The van der Waals surface area contributed by atoms with Crippen LogP contribution in [0.25, 0.3) is 28.7 Å². The predicted molar refractivity (Wildman–Crippen MR) is 138 cm³/mol. The average Bonchev–Trinajstić information content (AvgIpc) is 3.31. The SMILES string of the molecule is CCOC(=O)c1ccc(-n2c(/C=C/c3ccc4c(c3)OCO4)nc3ccc(I)cc3c2=O)cc1. The Morgan fingerprint density at radius 1 is 1.06 bits per heavy atom. The van der Waals surface area contributed by atoms with Crippen molar-refractivity contribution < 1.29 is 19.0 Å². The van der Waals surface area contributed by atoms with Gasteiger partial charge in [0.15, 0.2) is 11.5 Å². The topological polar surface area (TPSA) is 79.7 Å². The van der Waals surface area contributed by atoms with Crippen molar-refractivity contribution in [1.29, 1.82) is 0 Å². The number of benzene rings is 3. The molecular weight excluding hydrogens is 547 g/mol. The van der Waals surface area contributed by atoms with Gasteiger partial charge in [0, 0.05) is 3.57 Å². The summed E-state index contributed by atoms with van der Waals surface area (Å²) in [5, 5.41) is 0.515. The maximum atomic E-state index is 13.5. The molecule has 170 valence electrons. The van der Waals surface area contributed by atoms with Gasteiger partial charge in [0.1, 0.15) is 5.82 Å². The number of rotatable bonds is 5. The van der Waals surface area contributed by atoms with E-state index in [1.807, 2.05) is 42.5 Å². The molecule has 1 aromatic heterocycles. The molecule has 8 heteroatoms. The first-order chi connectivity index (χ1) is 16.5. The highest BCUT2D eigenvalue weighted by molar-refractivity contribution is 14.1. The van der Waals surface area contributed by atoms with Crippen molar-refractivity contribution >= 4 is 51.6 Å². The second-order valence-electron chi connectivity index (χ2n) is 7.49. The van der Waals surface area contributed by atoms with Crippen LogP contribution in [0.2, 0.25) is 0 Å². The first kappa shape index (κ1) is 22.1. The minimum absolute atomic E-state index is 0.197. The number of hydrogen-bond acceptors (Lipinski definition) is 6. The van der Waals surface area contributed by atoms with Crippen LogP contribution < -0.4 is 15.0 Å². The average molecular weight is 566 g/mol. The lowest BCUT2D eigenvalue weighted by Crippen LogP contribution is -2.22. The molecule has 5 rings (SSSR count). The van der Waals surface area contributed by atoms with Gasteiger partial charge >= 0.3 is 5.97 Å². The second kappa shape index (κ2) is 9.30. The summed E-state index contributed by atoms with van der Waals surface area (Å²) in [6.07, 6.45) is 3.65. The molecule has 0 saturated heterocycles. The molecule has 34 heavy (non-hydrogen) atoms. The molecule has 0 N–H and O–H groups in total. The van der Waals surface area contributed by atoms with E-state index < -0.39 is 5.97 Å². The van der Waals surface area contributed by atoms with Gasteiger partial charge in [-0.25, -0.2) is 9.78 Å². The largest absolute Gasteiger partial charge is 0.462 e. The number of halogens is 1. The van der Waals surface area contributed by atoms with E-state index in [0.717, 1.165) is 9.13 Å². The summed E-state index contributed by atoms with van der Waals surface area (Å²) < 4.78 is 18.4. The Bertz CT molecular complexity index is 1490. The first-order valence-electron chi connectivity index (χ1n) is 10.6. The van der Waals surface area contributed by atoms with Crippen LogP contribution in [0, 0.1) is 3.57 Å². The quantitative estimate of drug-likeness (QED) is 0.248. The van der Waals surface area contributed by atoms with E-state index in [0.29, 0.717) is 46.1 Å². The van der Waals surface area contributed by atoms with Crippen molar-refractivity contribution in [2.45, 2.75) is 6.92 Å². The summed E-state index contributed by atoms with van der Waals surface area (Å²) >= 11 is 2.17. The molecule has 1 aliphatic rings. The van der Waals surface area contributed by atoms with Crippen molar-refractivity contribution in [3.05, 3.63) is 91.5 Å². The van der Waals surface area contributed by atoms with Crippen LogP contribution in [-0.4, -0.2) is 28.9 Å². The number of ether oxygens (including phenoxy) is 3. The van der Waals surface area contributed by atoms with Crippen LogP contribution in [0.3, 0.4) is 0 Å². The van der Waals surface area contributed by atoms with Gasteiger partial charge in [-0.2, -0.15) is 0 Å².